The average Bonchev–Trinajstić information content (AvgIpc) is 2.43. The Balaban J connectivity index is 1.93. The number of hydrogen-bond donors (Lipinski definition) is 4. The number of carbonyl (C=O) groups excluding carboxylic acids is 2. The van der Waals surface area contributed by atoms with E-state index in [-0.39, 0.29) is 17.5 Å². The van der Waals surface area contributed by atoms with Gasteiger partial charge in [0.2, 0.25) is 5.91 Å². The first-order valence-corrected chi connectivity index (χ1v) is 7.12. The third-order valence-electron chi connectivity index (χ3n) is 3.06. The van der Waals surface area contributed by atoms with Crippen molar-refractivity contribution in [3.05, 3.63) is 28.2 Å². The Kier molecular flexibility index (Phi) is 4.79. The highest BCUT2D eigenvalue weighted by Crippen LogP contribution is 2.23. The molecule has 1 heterocycles. The number of aromatic carboxylic acids is 1. The van der Waals surface area contributed by atoms with Crippen molar-refractivity contribution in [2.75, 3.05) is 11.9 Å². The van der Waals surface area contributed by atoms with Gasteiger partial charge in [0, 0.05) is 23.5 Å². The first kappa shape index (κ1) is 15.3. The van der Waals surface area contributed by atoms with Gasteiger partial charge in [0.15, 0.2) is 0 Å². The summed E-state index contributed by atoms with van der Waals surface area (Å²) in [4.78, 5) is 33.7. The Hall–Kier alpha value is -2.09. The molecular formula is C13H14BrN3O4. The normalized spacial score (nSPS) is 17.8. The summed E-state index contributed by atoms with van der Waals surface area (Å²) < 4.78 is 0.481. The first-order chi connectivity index (χ1) is 9.95. The van der Waals surface area contributed by atoms with E-state index in [9.17, 15) is 14.4 Å². The highest BCUT2D eigenvalue weighted by molar-refractivity contribution is 9.10. The summed E-state index contributed by atoms with van der Waals surface area (Å²) >= 11 is 3.21. The molecule has 0 aromatic heterocycles. The lowest BCUT2D eigenvalue weighted by Crippen LogP contribution is -2.48. The van der Waals surface area contributed by atoms with Gasteiger partial charge in [-0.3, -0.25) is 4.79 Å². The van der Waals surface area contributed by atoms with E-state index < -0.39 is 12.0 Å². The minimum Gasteiger partial charge on any atom is -0.478 e. The van der Waals surface area contributed by atoms with Gasteiger partial charge in [0.25, 0.3) is 0 Å². The molecule has 0 spiro atoms. The summed E-state index contributed by atoms with van der Waals surface area (Å²) in [6, 6.07) is 3.82. The van der Waals surface area contributed by atoms with Crippen LogP contribution < -0.4 is 16.0 Å². The molecule has 0 aliphatic carbocycles. The summed E-state index contributed by atoms with van der Waals surface area (Å²) in [5.41, 5.74) is 0.597. The molecular weight excluding hydrogens is 342 g/mol. The van der Waals surface area contributed by atoms with Crippen LogP contribution in [0.1, 0.15) is 23.2 Å². The van der Waals surface area contributed by atoms with Crippen molar-refractivity contribution in [2.45, 2.75) is 18.9 Å². The minimum atomic E-state index is -1.04. The smallest absolute Gasteiger partial charge is 0.335 e. The van der Waals surface area contributed by atoms with Gasteiger partial charge in [-0.2, -0.15) is 0 Å². The van der Waals surface area contributed by atoms with Crippen LogP contribution in [-0.4, -0.2) is 35.6 Å². The molecule has 21 heavy (non-hydrogen) atoms. The summed E-state index contributed by atoms with van der Waals surface area (Å²) in [6.07, 6.45) is 0.986. The van der Waals surface area contributed by atoms with Gasteiger partial charge in [-0.1, -0.05) is 0 Å². The second kappa shape index (κ2) is 6.57. The Morgan fingerprint density at radius 3 is 2.71 bits per heavy atom. The van der Waals surface area contributed by atoms with E-state index in [1.165, 1.54) is 18.2 Å². The number of amides is 3. The fourth-order valence-corrected chi connectivity index (χ4v) is 2.43. The topological polar surface area (TPSA) is 108 Å². The molecule has 1 atom stereocenters. The molecule has 0 bridgehead atoms. The lowest BCUT2D eigenvalue weighted by molar-refractivity contribution is -0.122. The molecule has 1 aliphatic rings. The maximum atomic E-state index is 11.9. The van der Waals surface area contributed by atoms with Crippen molar-refractivity contribution in [1.29, 1.82) is 0 Å². The standard InChI is InChI=1S/C13H14BrN3O4/c14-9-5-7(12(19)20)1-3-10(9)17-13(21)16-8-2-4-11(18)15-6-8/h1,3,5,8H,2,4,6H2,(H,15,18)(H,19,20)(H2,16,17,21). The fourth-order valence-electron chi connectivity index (χ4n) is 1.95. The molecule has 3 amide bonds. The van der Waals surface area contributed by atoms with Crippen LogP contribution in [0.4, 0.5) is 10.5 Å². The van der Waals surface area contributed by atoms with E-state index in [1.54, 1.807) is 0 Å². The number of benzene rings is 1. The Bertz CT molecular complexity index is 581. The molecule has 1 saturated heterocycles. The van der Waals surface area contributed by atoms with Crippen LogP contribution in [0, 0.1) is 0 Å². The molecule has 1 aromatic carbocycles. The van der Waals surface area contributed by atoms with Crippen molar-refractivity contribution >= 4 is 39.5 Å². The molecule has 4 N–H and O–H groups in total. The van der Waals surface area contributed by atoms with Crippen molar-refractivity contribution in [1.82, 2.24) is 10.6 Å². The number of carboxylic acid groups (broad SMARTS) is 1. The summed E-state index contributed by atoms with van der Waals surface area (Å²) in [5.74, 6) is -1.05. The quantitative estimate of drug-likeness (QED) is 0.659. The van der Waals surface area contributed by atoms with E-state index in [0.717, 1.165) is 0 Å². The number of carboxylic acids is 1. The van der Waals surface area contributed by atoms with Gasteiger partial charge in [-0.15, -0.1) is 0 Å². The van der Waals surface area contributed by atoms with E-state index >= 15 is 0 Å². The van der Waals surface area contributed by atoms with E-state index in [0.29, 0.717) is 29.5 Å². The molecule has 8 heteroatoms. The number of piperidine rings is 1. The molecule has 0 radical (unpaired) electrons. The van der Waals surface area contributed by atoms with Crippen molar-refractivity contribution in [3.8, 4) is 0 Å². The molecule has 1 aliphatic heterocycles. The van der Waals surface area contributed by atoms with Gasteiger partial charge in [0.05, 0.1) is 11.3 Å². The second-order valence-electron chi connectivity index (χ2n) is 4.64. The number of anilines is 1. The monoisotopic (exact) mass is 355 g/mol. The van der Waals surface area contributed by atoms with Crippen LogP contribution in [0.2, 0.25) is 0 Å². The average molecular weight is 356 g/mol. The molecule has 1 fully saturated rings. The van der Waals surface area contributed by atoms with Crippen LogP contribution in [0.3, 0.4) is 0 Å². The van der Waals surface area contributed by atoms with Gasteiger partial charge >= 0.3 is 12.0 Å². The van der Waals surface area contributed by atoms with Gasteiger partial charge in [0.1, 0.15) is 0 Å². The van der Waals surface area contributed by atoms with Crippen LogP contribution in [0.25, 0.3) is 0 Å². The van der Waals surface area contributed by atoms with Crippen LogP contribution in [0.5, 0.6) is 0 Å². The number of carbonyl (C=O) groups is 3. The van der Waals surface area contributed by atoms with E-state index in [2.05, 4.69) is 31.9 Å². The number of rotatable bonds is 3. The molecule has 1 aromatic rings. The first-order valence-electron chi connectivity index (χ1n) is 6.33. The third-order valence-corrected chi connectivity index (χ3v) is 3.72. The Labute approximate surface area is 129 Å². The fraction of sp³-hybridized carbons (Fsp3) is 0.308. The zero-order valence-electron chi connectivity index (χ0n) is 11.0. The molecule has 1 unspecified atom stereocenters. The van der Waals surface area contributed by atoms with Crippen molar-refractivity contribution in [2.24, 2.45) is 0 Å². The van der Waals surface area contributed by atoms with Crippen LogP contribution >= 0.6 is 15.9 Å². The van der Waals surface area contributed by atoms with E-state index in [4.69, 9.17) is 5.11 Å². The van der Waals surface area contributed by atoms with Crippen molar-refractivity contribution in [3.63, 3.8) is 0 Å². The largest absolute Gasteiger partial charge is 0.478 e. The zero-order valence-corrected chi connectivity index (χ0v) is 12.6. The third kappa shape index (κ3) is 4.19. The van der Waals surface area contributed by atoms with Gasteiger partial charge < -0.3 is 21.1 Å². The maximum absolute atomic E-state index is 11.9. The predicted molar refractivity (Wildman–Crippen MR) is 79.3 cm³/mol. The predicted octanol–water partition coefficient (Wildman–Crippen LogP) is 1.55. The van der Waals surface area contributed by atoms with E-state index in [1.807, 2.05) is 0 Å². The molecule has 112 valence electrons. The van der Waals surface area contributed by atoms with Crippen LogP contribution in [0.15, 0.2) is 22.7 Å². The lowest BCUT2D eigenvalue weighted by atomic mass is 10.1. The van der Waals surface area contributed by atoms with Gasteiger partial charge in [-0.25, -0.2) is 9.59 Å². The Morgan fingerprint density at radius 1 is 1.38 bits per heavy atom. The molecule has 2 rings (SSSR count). The maximum Gasteiger partial charge on any atom is 0.335 e. The van der Waals surface area contributed by atoms with Crippen molar-refractivity contribution < 1.29 is 19.5 Å². The SMILES string of the molecule is O=C1CCC(NC(=O)Nc2ccc(C(=O)O)cc2Br)CN1. The highest BCUT2D eigenvalue weighted by Gasteiger charge is 2.19. The summed E-state index contributed by atoms with van der Waals surface area (Å²) in [6.45, 7) is 0.408. The highest BCUT2D eigenvalue weighted by atomic mass is 79.9. The zero-order chi connectivity index (χ0) is 15.4. The summed E-state index contributed by atoms with van der Waals surface area (Å²) in [5, 5.41) is 16.9. The number of urea groups is 1. The number of hydrogen-bond acceptors (Lipinski definition) is 3. The lowest BCUT2D eigenvalue weighted by Gasteiger charge is -2.23. The Morgan fingerprint density at radius 2 is 2.14 bits per heavy atom. The molecule has 0 saturated carbocycles. The second-order valence-corrected chi connectivity index (χ2v) is 5.49. The summed E-state index contributed by atoms with van der Waals surface area (Å²) in [7, 11) is 0. The number of halogens is 1. The number of nitrogens with one attached hydrogen (secondary N) is 3. The minimum absolute atomic E-state index is 0.0135. The van der Waals surface area contributed by atoms with Crippen LogP contribution in [-0.2, 0) is 4.79 Å². The van der Waals surface area contributed by atoms with Gasteiger partial charge in [-0.05, 0) is 40.5 Å². The molecule has 7 nitrogen and oxygen atoms in total.